The molecule has 59 heavy (non-hydrogen) atoms. The van der Waals surface area contributed by atoms with Crippen LogP contribution in [0.2, 0.25) is 0 Å². The molecule has 5 aromatic rings. The maximum atomic E-state index is 14.6. The largest absolute Gasteiger partial charge is 0.493 e. The summed E-state index contributed by atoms with van der Waals surface area (Å²) in [5.74, 6) is -3.03. The smallest absolute Gasteiger partial charge is 0.413 e. The number of aromatic nitrogens is 1. The molecule has 0 radical (unpaired) electrons. The van der Waals surface area contributed by atoms with Gasteiger partial charge in [-0.05, 0) is 61.6 Å². The van der Waals surface area contributed by atoms with E-state index in [0.717, 1.165) is 0 Å². The molecule has 8 rings (SSSR count). The Balaban J connectivity index is 1.14. The first-order valence-corrected chi connectivity index (χ1v) is 20.8. The molecule has 3 heterocycles. The van der Waals surface area contributed by atoms with Crippen molar-refractivity contribution in [1.29, 1.82) is 0 Å². The number of likely N-dealkylation sites (tertiary alicyclic amines) is 1. The van der Waals surface area contributed by atoms with Crippen LogP contribution in [-0.2, 0) is 24.4 Å². The number of methoxy groups -OCH3 is 1. The van der Waals surface area contributed by atoms with Gasteiger partial charge in [0.05, 0.1) is 29.8 Å². The van der Waals surface area contributed by atoms with Crippen LogP contribution in [-0.4, -0.2) is 84.7 Å². The van der Waals surface area contributed by atoms with Gasteiger partial charge < -0.3 is 34.2 Å². The van der Waals surface area contributed by atoms with Gasteiger partial charge in [0, 0.05) is 23.8 Å². The Bertz CT molecular complexity index is 2630. The van der Waals surface area contributed by atoms with Crippen LogP contribution in [0.15, 0.2) is 83.8 Å². The molecule has 3 aromatic carbocycles. The molecule has 0 bridgehead atoms. The molecule has 0 spiro atoms. The Kier molecular flexibility index (Phi) is 10.2. The second-order valence-electron chi connectivity index (χ2n) is 15.5. The summed E-state index contributed by atoms with van der Waals surface area (Å²) in [6.07, 6.45) is 0.498. The van der Waals surface area contributed by atoms with Gasteiger partial charge in [0.2, 0.25) is 21.8 Å². The molecule has 17 heteroatoms. The van der Waals surface area contributed by atoms with E-state index in [1.165, 1.54) is 36.3 Å². The Morgan fingerprint density at radius 1 is 1.03 bits per heavy atom. The fourth-order valence-corrected chi connectivity index (χ4v) is 9.02. The second-order valence-corrected chi connectivity index (χ2v) is 17.4. The van der Waals surface area contributed by atoms with Crippen molar-refractivity contribution in [1.82, 2.24) is 25.2 Å². The maximum Gasteiger partial charge on any atom is 0.413 e. The zero-order valence-electron chi connectivity index (χ0n) is 32.4. The number of hydrogen-bond acceptors (Lipinski definition) is 11. The summed E-state index contributed by atoms with van der Waals surface area (Å²) < 4.78 is 66.3. The normalized spacial score (nSPS) is 21.9. The lowest BCUT2D eigenvalue weighted by Crippen LogP contribution is -2.59. The minimum Gasteiger partial charge on any atom is -0.493 e. The van der Waals surface area contributed by atoms with E-state index in [2.05, 4.69) is 21.9 Å². The lowest BCUT2D eigenvalue weighted by Gasteiger charge is -2.31. The minimum atomic E-state index is -3.96. The summed E-state index contributed by atoms with van der Waals surface area (Å²) in [6.45, 7) is 7.04. The monoisotopic (exact) mass is 827 g/mol. The lowest BCUT2D eigenvalue weighted by atomic mass is 10.0. The van der Waals surface area contributed by atoms with Crippen molar-refractivity contribution in [2.24, 2.45) is 11.8 Å². The average molecular weight is 828 g/mol. The first-order valence-electron chi connectivity index (χ1n) is 19.2. The number of nitrogens with one attached hydrogen (secondary N) is 3. The van der Waals surface area contributed by atoms with E-state index >= 15 is 0 Å². The number of fused-ring (bicyclic) bond motifs is 4. The molecule has 15 nitrogen and oxygen atoms in total. The number of nitrogens with zero attached hydrogens (tertiary/aromatic N) is 2. The van der Waals surface area contributed by atoms with Crippen molar-refractivity contribution in [3.05, 3.63) is 85.2 Å². The van der Waals surface area contributed by atoms with Crippen LogP contribution in [0.1, 0.15) is 39.5 Å². The Hall–Kier alpha value is -6.23. The molecule has 5 atom stereocenters. The molecule has 1 saturated heterocycles. The number of amides is 4. The summed E-state index contributed by atoms with van der Waals surface area (Å²) in [5.41, 5.74) is -0.405. The lowest BCUT2D eigenvalue weighted by molar-refractivity contribution is -0.141. The number of sulfonamides is 1. The van der Waals surface area contributed by atoms with Crippen LogP contribution in [0.5, 0.6) is 17.2 Å². The first-order chi connectivity index (χ1) is 28.2. The van der Waals surface area contributed by atoms with E-state index in [9.17, 15) is 32.0 Å². The fourth-order valence-electron chi connectivity index (χ4n) is 7.66. The second kappa shape index (κ2) is 15.2. The van der Waals surface area contributed by atoms with Crippen molar-refractivity contribution >= 4 is 66.8 Å². The summed E-state index contributed by atoms with van der Waals surface area (Å²) in [5, 5.41) is 5.70. The van der Waals surface area contributed by atoms with Crippen LogP contribution in [0.25, 0.3) is 33.0 Å². The van der Waals surface area contributed by atoms with Gasteiger partial charge in [-0.1, -0.05) is 44.2 Å². The van der Waals surface area contributed by atoms with E-state index < -0.39 is 80.5 Å². The number of rotatable bonds is 13. The predicted molar refractivity (Wildman–Crippen MR) is 214 cm³/mol. The summed E-state index contributed by atoms with van der Waals surface area (Å²) >= 11 is 0. The Morgan fingerprint density at radius 2 is 1.80 bits per heavy atom. The van der Waals surface area contributed by atoms with Gasteiger partial charge in [0.1, 0.15) is 40.8 Å². The van der Waals surface area contributed by atoms with E-state index in [4.69, 9.17) is 23.6 Å². The summed E-state index contributed by atoms with van der Waals surface area (Å²) in [7, 11) is -2.47. The van der Waals surface area contributed by atoms with E-state index in [1.54, 1.807) is 62.4 Å². The zero-order chi connectivity index (χ0) is 41.8. The third kappa shape index (κ3) is 7.50. The van der Waals surface area contributed by atoms with Gasteiger partial charge in [-0.15, -0.1) is 6.58 Å². The van der Waals surface area contributed by atoms with Crippen molar-refractivity contribution in [2.75, 3.05) is 13.7 Å². The number of halogens is 1. The molecule has 2 saturated carbocycles. The van der Waals surface area contributed by atoms with E-state index in [1.807, 2.05) is 0 Å². The standard InChI is InChI=1S/C42H42FN5O10S/c1-5-23-20-42(23,40(51)47-59(53,54)27-15-16-27)46-38(49)31-19-26(21-48(31)39(50)33(22(2)3)45-41(52)57-25-10-7-6-8-11-25)56-36-28-17-14-24(43)18-30(28)44-34-29-12-9-13-32(55-4)35(29)58-37(34)36/h5-14,17-18,22-23,26-27,31,33H,1,15-16,19-21H2,2-4H3,(H,45,52)(H,46,49)(H,47,51)/t23-,26-,31+,33+,42-/m1/s1. The van der Waals surface area contributed by atoms with Gasteiger partial charge in [-0.25, -0.2) is 22.6 Å². The molecule has 2 aromatic heterocycles. The minimum absolute atomic E-state index is 0.0867. The van der Waals surface area contributed by atoms with Gasteiger partial charge in [-0.3, -0.25) is 19.1 Å². The molecular formula is C42H42FN5O10S. The molecule has 308 valence electrons. The Labute approximate surface area is 338 Å². The van der Waals surface area contributed by atoms with Crippen LogP contribution in [0.4, 0.5) is 9.18 Å². The SMILES string of the molecule is C=C[C@@H]1C[C@]1(NC(=O)[C@@H]1C[C@@H](Oc2c3ccc(F)cc3nc3c2oc2c(OC)cccc23)CN1C(=O)[C@@H](NC(=O)Oc1ccccc1)C(C)C)C(=O)NS(=O)(=O)C1CC1. The van der Waals surface area contributed by atoms with Crippen molar-refractivity contribution in [2.45, 2.75) is 68.5 Å². The topological polar surface area (TPSA) is 195 Å². The third-order valence-corrected chi connectivity index (χ3v) is 12.9. The molecule has 1 aliphatic heterocycles. The highest BCUT2D eigenvalue weighted by atomic mass is 32.2. The summed E-state index contributed by atoms with van der Waals surface area (Å²) in [4.78, 5) is 61.8. The highest BCUT2D eigenvalue weighted by molar-refractivity contribution is 7.91. The number of ether oxygens (including phenoxy) is 3. The molecule has 2 aliphatic carbocycles. The molecule has 4 amide bonds. The third-order valence-electron chi connectivity index (χ3n) is 11.1. The number of carbonyl (C=O) groups excluding carboxylic acids is 4. The van der Waals surface area contributed by atoms with Gasteiger partial charge in [-0.2, -0.15) is 0 Å². The summed E-state index contributed by atoms with van der Waals surface area (Å²) in [6, 6.07) is 15.1. The van der Waals surface area contributed by atoms with E-state index in [-0.39, 0.29) is 42.0 Å². The number of benzene rings is 3. The average Bonchev–Trinajstić information content (AvgIpc) is 4.11. The van der Waals surface area contributed by atoms with Crippen molar-refractivity contribution in [3.63, 3.8) is 0 Å². The highest BCUT2D eigenvalue weighted by Gasteiger charge is 2.62. The van der Waals surface area contributed by atoms with Gasteiger partial charge in [0.25, 0.3) is 5.91 Å². The first kappa shape index (κ1) is 39.6. The molecular weight excluding hydrogens is 786 g/mol. The van der Waals surface area contributed by atoms with Gasteiger partial charge in [0.15, 0.2) is 22.7 Å². The van der Waals surface area contributed by atoms with E-state index in [0.29, 0.717) is 40.5 Å². The van der Waals surface area contributed by atoms with Crippen LogP contribution >= 0.6 is 0 Å². The number of carbonyl (C=O) groups is 4. The highest BCUT2D eigenvalue weighted by Crippen LogP contribution is 2.46. The van der Waals surface area contributed by atoms with Crippen LogP contribution in [0.3, 0.4) is 0 Å². The maximum absolute atomic E-state index is 14.6. The molecule has 3 N–H and O–H groups in total. The number of pyridine rings is 1. The predicted octanol–water partition coefficient (Wildman–Crippen LogP) is 5.11. The van der Waals surface area contributed by atoms with Crippen LogP contribution in [0, 0.1) is 17.7 Å². The fraction of sp³-hybridized carbons (Fsp3) is 0.357. The number of furan rings is 1. The zero-order valence-corrected chi connectivity index (χ0v) is 33.2. The quantitative estimate of drug-likeness (QED) is 0.134. The van der Waals surface area contributed by atoms with Crippen molar-refractivity contribution < 1.29 is 50.6 Å². The molecule has 3 aliphatic rings. The van der Waals surface area contributed by atoms with Crippen LogP contribution < -0.4 is 29.6 Å². The van der Waals surface area contributed by atoms with Crippen molar-refractivity contribution in [3.8, 4) is 17.2 Å². The number of para-hydroxylation sites is 2. The van der Waals surface area contributed by atoms with Gasteiger partial charge >= 0.3 is 6.09 Å². The Morgan fingerprint density at radius 3 is 2.47 bits per heavy atom. The number of hydrogen-bond donors (Lipinski definition) is 3. The molecule has 0 unspecified atom stereocenters. The molecule has 3 fully saturated rings.